The average molecular weight is 531 g/mol. The molecule has 4 heterocycles. The number of nitrogens with one attached hydrogen (secondary N) is 1. The standard InChI is InChI=1S/C33H42N2O4/c1-19-10-15-25-27(18-19)38-30(34-32(25,3)4)24-9-7-6-8-23(24)29-33-17-16-26(39-33)20(2)28(33)31(36)35(29)21-11-13-22(37-5)14-12-21/h6-9,11-14,19-20,25-30,34H,10,15-18H2,1-5H3/t19-,20-,25-,26+,27-,28-,29+,30+,33-/m1/s1. The molecule has 0 radical (unpaired) electrons. The lowest BCUT2D eigenvalue weighted by Gasteiger charge is -2.52. The van der Waals surface area contributed by atoms with Gasteiger partial charge in [-0.15, -0.1) is 0 Å². The number of methoxy groups -OCH3 is 1. The topological polar surface area (TPSA) is 60.0 Å². The Bertz CT molecular complexity index is 1260. The van der Waals surface area contributed by atoms with Crippen LogP contribution in [0.1, 0.15) is 83.2 Å². The number of nitrogens with zero attached hydrogens (tertiary/aromatic N) is 1. The van der Waals surface area contributed by atoms with Crippen molar-refractivity contribution in [3.63, 3.8) is 0 Å². The molecule has 6 heteroatoms. The summed E-state index contributed by atoms with van der Waals surface area (Å²) < 4.78 is 19.2. The number of rotatable bonds is 4. The summed E-state index contributed by atoms with van der Waals surface area (Å²) in [6.45, 7) is 9.22. The summed E-state index contributed by atoms with van der Waals surface area (Å²) >= 11 is 0. The van der Waals surface area contributed by atoms with Crippen molar-refractivity contribution in [2.75, 3.05) is 12.0 Å². The first-order valence-electron chi connectivity index (χ1n) is 14.9. The second kappa shape index (κ2) is 9.05. The van der Waals surface area contributed by atoms with Crippen LogP contribution in [0.3, 0.4) is 0 Å². The third-order valence-electron chi connectivity index (χ3n) is 10.8. The van der Waals surface area contributed by atoms with Crippen LogP contribution in [0.25, 0.3) is 0 Å². The fourth-order valence-corrected chi connectivity index (χ4v) is 8.86. The van der Waals surface area contributed by atoms with Crippen molar-refractivity contribution >= 4 is 11.6 Å². The molecule has 2 aromatic rings. The zero-order chi connectivity index (χ0) is 27.1. The highest BCUT2D eigenvalue weighted by atomic mass is 16.5. The molecule has 208 valence electrons. The zero-order valence-electron chi connectivity index (χ0n) is 23.9. The van der Waals surface area contributed by atoms with E-state index in [1.165, 1.54) is 12.8 Å². The number of ether oxygens (including phenoxy) is 3. The van der Waals surface area contributed by atoms with Crippen LogP contribution in [0.5, 0.6) is 5.75 Å². The molecule has 2 bridgehead atoms. The van der Waals surface area contributed by atoms with Gasteiger partial charge in [-0.25, -0.2) is 0 Å². The summed E-state index contributed by atoms with van der Waals surface area (Å²) in [5.74, 6) is 2.20. The third kappa shape index (κ3) is 3.74. The molecular formula is C33H42N2O4. The van der Waals surface area contributed by atoms with E-state index >= 15 is 0 Å². The lowest BCUT2D eigenvalue weighted by molar-refractivity contribution is -0.157. The van der Waals surface area contributed by atoms with Crippen LogP contribution >= 0.6 is 0 Å². The van der Waals surface area contributed by atoms with Crippen LogP contribution in [0, 0.1) is 23.7 Å². The molecule has 6 nitrogen and oxygen atoms in total. The molecule has 1 N–H and O–H groups in total. The molecule has 5 aliphatic rings. The minimum Gasteiger partial charge on any atom is -0.497 e. The van der Waals surface area contributed by atoms with E-state index < -0.39 is 5.60 Å². The van der Waals surface area contributed by atoms with Crippen molar-refractivity contribution in [1.82, 2.24) is 5.32 Å². The average Bonchev–Trinajstić information content (AvgIpc) is 3.55. The van der Waals surface area contributed by atoms with E-state index in [9.17, 15) is 4.79 Å². The predicted molar refractivity (Wildman–Crippen MR) is 150 cm³/mol. The molecule has 7 rings (SSSR count). The number of benzene rings is 2. The highest BCUT2D eigenvalue weighted by Gasteiger charge is 2.71. The summed E-state index contributed by atoms with van der Waals surface area (Å²) in [6.07, 6.45) is 5.61. The van der Waals surface area contributed by atoms with Gasteiger partial charge in [-0.2, -0.15) is 0 Å². The van der Waals surface area contributed by atoms with E-state index in [1.807, 2.05) is 29.2 Å². The maximum absolute atomic E-state index is 14.3. The Morgan fingerprint density at radius 1 is 0.974 bits per heavy atom. The van der Waals surface area contributed by atoms with Crippen LogP contribution in [0.4, 0.5) is 5.69 Å². The molecule has 1 saturated carbocycles. The van der Waals surface area contributed by atoms with Gasteiger partial charge in [-0.05, 0) is 81.2 Å². The number of anilines is 1. The normalized spacial score (nSPS) is 40.4. The van der Waals surface area contributed by atoms with Crippen molar-refractivity contribution in [2.45, 2.75) is 95.4 Å². The quantitative estimate of drug-likeness (QED) is 0.512. The Balaban J connectivity index is 1.33. The molecule has 1 amide bonds. The lowest BCUT2D eigenvalue weighted by Crippen LogP contribution is -2.59. The van der Waals surface area contributed by atoms with Crippen LogP contribution in [-0.4, -0.2) is 36.4 Å². The van der Waals surface area contributed by atoms with E-state index in [1.54, 1.807) is 7.11 Å². The monoisotopic (exact) mass is 530 g/mol. The van der Waals surface area contributed by atoms with Crippen LogP contribution < -0.4 is 15.0 Å². The van der Waals surface area contributed by atoms with Gasteiger partial charge in [0, 0.05) is 22.7 Å². The Morgan fingerprint density at radius 2 is 1.72 bits per heavy atom. The number of carbonyl (C=O) groups excluding carboxylic acids is 1. The maximum atomic E-state index is 14.3. The number of amides is 1. The zero-order valence-corrected chi connectivity index (χ0v) is 23.9. The number of hydrogen-bond acceptors (Lipinski definition) is 5. The van der Waals surface area contributed by atoms with Gasteiger partial charge in [0.2, 0.25) is 5.91 Å². The number of fused-ring (bicyclic) bond motifs is 2. The van der Waals surface area contributed by atoms with Gasteiger partial charge in [0.15, 0.2) is 0 Å². The van der Waals surface area contributed by atoms with Gasteiger partial charge in [-0.1, -0.05) is 44.5 Å². The van der Waals surface area contributed by atoms with Gasteiger partial charge < -0.3 is 19.1 Å². The predicted octanol–water partition coefficient (Wildman–Crippen LogP) is 6.17. The van der Waals surface area contributed by atoms with E-state index in [-0.39, 0.29) is 47.8 Å². The second-order valence-corrected chi connectivity index (χ2v) is 13.4. The summed E-state index contributed by atoms with van der Waals surface area (Å²) in [5.41, 5.74) is 2.58. The van der Waals surface area contributed by atoms with E-state index in [0.717, 1.165) is 41.8 Å². The van der Waals surface area contributed by atoms with Crippen molar-refractivity contribution < 1.29 is 19.0 Å². The van der Waals surface area contributed by atoms with Gasteiger partial charge >= 0.3 is 0 Å². The first-order valence-corrected chi connectivity index (χ1v) is 14.9. The molecule has 2 aromatic carbocycles. The molecule has 5 fully saturated rings. The summed E-state index contributed by atoms with van der Waals surface area (Å²) in [4.78, 5) is 16.3. The smallest absolute Gasteiger partial charge is 0.234 e. The van der Waals surface area contributed by atoms with Gasteiger partial charge in [0.25, 0.3) is 0 Å². The van der Waals surface area contributed by atoms with E-state index in [4.69, 9.17) is 14.2 Å². The first-order chi connectivity index (χ1) is 18.7. The first kappa shape index (κ1) is 25.6. The Hall–Kier alpha value is -2.41. The van der Waals surface area contributed by atoms with Gasteiger partial charge in [0.05, 0.1) is 31.3 Å². The minimum atomic E-state index is -0.525. The Labute approximate surface area is 232 Å². The van der Waals surface area contributed by atoms with E-state index in [0.29, 0.717) is 11.8 Å². The highest BCUT2D eigenvalue weighted by Crippen LogP contribution is 2.64. The molecule has 0 aromatic heterocycles. The second-order valence-electron chi connectivity index (χ2n) is 13.4. The van der Waals surface area contributed by atoms with Crippen LogP contribution in [-0.2, 0) is 14.3 Å². The SMILES string of the molecule is COc1ccc(N2C(=O)[C@H]3[C@H](C)[C@@H]4CC[C@]3(O4)[C@@H]2c2ccccc2[C@H]2NC(C)(C)[C@@H]3CC[C@@H](C)C[C@H]3O2)cc1. The fraction of sp³-hybridized carbons (Fsp3) is 0.606. The molecule has 1 aliphatic carbocycles. The van der Waals surface area contributed by atoms with Crippen LogP contribution in [0.2, 0.25) is 0 Å². The van der Waals surface area contributed by atoms with Crippen molar-refractivity contribution in [1.29, 1.82) is 0 Å². The molecule has 1 spiro atoms. The lowest BCUT2D eigenvalue weighted by atomic mass is 9.69. The highest BCUT2D eigenvalue weighted by molar-refractivity contribution is 6.01. The summed E-state index contributed by atoms with van der Waals surface area (Å²) in [5, 5.41) is 3.89. The van der Waals surface area contributed by atoms with Gasteiger partial charge in [-0.3, -0.25) is 10.1 Å². The largest absolute Gasteiger partial charge is 0.497 e. The Kier molecular flexibility index (Phi) is 5.93. The van der Waals surface area contributed by atoms with Crippen molar-refractivity contribution in [2.24, 2.45) is 23.7 Å². The van der Waals surface area contributed by atoms with Gasteiger partial charge in [0.1, 0.15) is 17.6 Å². The molecule has 4 aliphatic heterocycles. The van der Waals surface area contributed by atoms with Crippen molar-refractivity contribution in [3.8, 4) is 5.75 Å². The van der Waals surface area contributed by atoms with E-state index in [2.05, 4.69) is 57.3 Å². The maximum Gasteiger partial charge on any atom is 0.234 e. The minimum absolute atomic E-state index is 0.0420. The molecule has 4 saturated heterocycles. The summed E-state index contributed by atoms with van der Waals surface area (Å²) in [6, 6.07) is 16.3. The molecular weight excluding hydrogens is 488 g/mol. The molecule has 39 heavy (non-hydrogen) atoms. The molecule has 0 unspecified atom stereocenters. The number of carbonyl (C=O) groups is 1. The number of hydrogen-bond donors (Lipinski definition) is 1. The van der Waals surface area contributed by atoms with Crippen molar-refractivity contribution in [3.05, 3.63) is 59.7 Å². The third-order valence-corrected chi connectivity index (χ3v) is 10.8. The summed E-state index contributed by atoms with van der Waals surface area (Å²) in [7, 11) is 1.67. The van der Waals surface area contributed by atoms with Crippen LogP contribution in [0.15, 0.2) is 48.5 Å². The Morgan fingerprint density at radius 3 is 2.46 bits per heavy atom. The fourth-order valence-electron chi connectivity index (χ4n) is 8.86. The molecule has 9 atom stereocenters.